The van der Waals surface area contributed by atoms with E-state index in [2.05, 4.69) is 0 Å². The van der Waals surface area contributed by atoms with Gasteiger partial charge in [-0.2, -0.15) is 18.4 Å². The van der Waals surface area contributed by atoms with Crippen LogP contribution in [0.4, 0.5) is 13.2 Å². The van der Waals surface area contributed by atoms with Crippen molar-refractivity contribution < 1.29 is 17.9 Å². The molecule has 0 fully saturated rings. The maximum atomic E-state index is 12.6. The van der Waals surface area contributed by atoms with Gasteiger partial charge in [-0.15, -0.1) is 0 Å². The second kappa shape index (κ2) is 3.56. The summed E-state index contributed by atoms with van der Waals surface area (Å²) in [5.41, 5.74) is -0.667. The van der Waals surface area contributed by atoms with E-state index in [-0.39, 0.29) is 23.5 Å². The molecule has 0 N–H and O–H groups in total. The Balaban J connectivity index is 2.61. The molecule has 0 aliphatic carbocycles. The summed E-state index contributed by atoms with van der Waals surface area (Å²) >= 11 is 0. The summed E-state index contributed by atoms with van der Waals surface area (Å²) in [5.74, 6) is 0.161. The molecule has 0 bridgehead atoms. The number of hydrogen-bond acceptors (Lipinski definition) is 2. The molecular formula is C11H6F3NO. The first-order chi connectivity index (χ1) is 7.52. The Morgan fingerprint density at radius 2 is 2.06 bits per heavy atom. The maximum absolute atomic E-state index is 12.6. The van der Waals surface area contributed by atoms with Gasteiger partial charge in [-0.3, -0.25) is 0 Å². The van der Waals surface area contributed by atoms with E-state index in [0.29, 0.717) is 0 Å². The van der Waals surface area contributed by atoms with Gasteiger partial charge in [0.15, 0.2) is 0 Å². The number of fused-ring (bicyclic) bond motifs is 1. The fourth-order valence-electron chi connectivity index (χ4n) is 1.50. The van der Waals surface area contributed by atoms with Gasteiger partial charge in [0.05, 0.1) is 17.2 Å². The quantitative estimate of drug-likeness (QED) is 0.679. The molecule has 0 atom stereocenters. The van der Waals surface area contributed by atoms with Crippen molar-refractivity contribution >= 4 is 6.08 Å². The van der Waals surface area contributed by atoms with Crippen molar-refractivity contribution in [3.8, 4) is 11.8 Å². The number of nitriles is 1. The third-order valence-electron chi connectivity index (χ3n) is 2.22. The lowest BCUT2D eigenvalue weighted by molar-refractivity contribution is -0.137. The Bertz CT molecular complexity index is 497. The zero-order valence-electron chi connectivity index (χ0n) is 8.01. The molecule has 2 nitrogen and oxygen atoms in total. The van der Waals surface area contributed by atoms with Crippen molar-refractivity contribution in [2.45, 2.75) is 6.18 Å². The van der Waals surface area contributed by atoms with Gasteiger partial charge in [-0.05, 0) is 18.2 Å². The number of halogens is 3. The summed E-state index contributed by atoms with van der Waals surface area (Å²) in [5, 5.41) is 8.63. The topological polar surface area (TPSA) is 33.0 Å². The van der Waals surface area contributed by atoms with Crippen LogP contribution in [0.1, 0.15) is 11.1 Å². The van der Waals surface area contributed by atoms with Crippen LogP contribution in [0.2, 0.25) is 0 Å². The molecule has 1 aromatic carbocycles. The Morgan fingerprint density at radius 1 is 1.31 bits per heavy atom. The van der Waals surface area contributed by atoms with Gasteiger partial charge in [0, 0.05) is 5.56 Å². The molecule has 1 aliphatic rings. The first-order valence-electron chi connectivity index (χ1n) is 4.46. The standard InChI is InChI=1S/C11H6F3NO/c12-11(13,14)9-2-1-3-10-8(9)4-7(5-15)6-16-10/h1-4H,6H2. The van der Waals surface area contributed by atoms with Crippen LogP contribution < -0.4 is 4.74 Å². The van der Waals surface area contributed by atoms with Crippen molar-refractivity contribution in [1.29, 1.82) is 5.26 Å². The fraction of sp³-hybridized carbons (Fsp3) is 0.182. The minimum Gasteiger partial charge on any atom is -0.488 e. The van der Waals surface area contributed by atoms with Gasteiger partial charge in [0.2, 0.25) is 0 Å². The first kappa shape index (κ1) is 10.6. The highest BCUT2D eigenvalue weighted by Gasteiger charge is 2.34. The summed E-state index contributed by atoms with van der Waals surface area (Å²) < 4.78 is 43.0. The van der Waals surface area contributed by atoms with E-state index in [4.69, 9.17) is 10.00 Å². The lowest BCUT2D eigenvalue weighted by atomic mass is 10.0. The predicted octanol–water partition coefficient (Wildman–Crippen LogP) is 3.00. The third-order valence-corrected chi connectivity index (χ3v) is 2.22. The van der Waals surface area contributed by atoms with E-state index >= 15 is 0 Å². The predicted molar refractivity (Wildman–Crippen MR) is 50.5 cm³/mol. The number of alkyl halides is 3. The first-order valence-corrected chi connectivity index (χ1v) is 4.46. The van der Waals surface area contributed by atoms with E-state index in [1.165, 1.54) is 18.2 Å². The molecule has 0 unspecified atom stereocenters. The molecule has 0 spiro atoms. The summed E-state index contributed by atoms with van der Waals surface area (Å²) in [4.78, 5) is 0. The smallest absolute Gasteiger partial charge is 0.417 e. The zero-order valence-corrected chi connectivity index (χ0v) is 8.01. The molecule has 1 aromatic rings. The highest BCUT2D eigenvalue weighted by molar-refractivity contribution is 5.68. The van der Waals surface area contributed by atoms with Crippen LogP contribution in [0.5, 0.6) is 5.75 Å². The number of ether oxygens (including phenoxy) is 1. The number of nitrogens with zero attached hydrogens (tertiary/aromatic N) is 1. The van der Waals surface area contributed by atoms with Gasteiger partial charge in [-0.25, -0.2) is 0 Å². The van der Waals surface area contributed by atoms with Crippen LogP contribution in [0.3, 0.4) is 0 Å². The van der Waals surface area contributed by atoms with Crippen molar-refractivity contribution in [1.82, 2.24) is 0 Å². The minimum absolute atomic E-state index is 0.0187. The van der Waals surface area contributed by atoms with Gasteiger partial charge in [-0.1, -0.05) is 6.07 Å². The van der Waals surface area contributed by atoms with E-state index in [1.54, 1.807) is 6.07 Å². The summed E-state index contributed by atoms with van der Waals surface area (Å²) in [6.07, 6.45) is -3.22. The highest BCUT2D eigenvalue weighted by atomic mass is 19.4. The zero-order chi connectivity index (χ0) is 11.8. The molecule has 0 radical (unpaired) electrons. The van der Waals surface area contributed by atoms with Crippen LogP contribution in [0, 0.1) is 11.3 Å². The van der Waals surface area contributed by atoms with Crippen LogP contribution in [-0.2, 0) is 6.18 Å². The van der Waals surface area contributed by atoms with Crippen LogP contribution in [0.25, 0.3) is 6.08 Å². The molecule has 16 heavy (non-hydrogen) atoms. The Morgan fingerprint density at radius 3 is 2.69 bits per heavy atom. The van der Waals surface area contributed by atoms with E-state index < -0.39 is 11.7 Å². The van der Waals surface area contributed by atoms with Crippen molar-refractivity contribution in [3.05, 3.63) is 34.9 Å². The SMILES string of the molecule is N#CC1=Cc2c(cccc2C(F)(F)F)OC1. The largest absolute Gasteiger partial charge is 0.488 e. The second-order valence-electron chi connectivity index (χ2n) is 3.29. The van der Waals surface area contributed by atoms with Crippen LogP contribution in [0.15, 0.2) is 23.8 Å². The van der Waals surface area contributed by atoms with E-state index in [0.717, 1.165) is 6.07 Å². The summed E-state index contributed by atoms with van der Waals surface area (Å²) in [6.45, 7) is 0.0187. The van der Waals surface area contributed by atoms with Crippen LogP contribution in [-0.4, -0.2) is 6.61 Å². The number of benzene rings is 1. The fourth-order valence-corrected chi connectivity index (χ4v) is 1.50. The molecule has 2 rings (SSSR count). The van der Waals surface area contributed by atoms with Crippen LogP contribution >= 0.6 is 0 Å². The van der Waals surface area contributed by atoms with Crippen molar-refractivity contribution in [2.24, 2.45) is 0 Å². The highest BCUT2D eigenvalue weighted by Crippen LogP contribution is 2.38. The monoisotopic (exact) mass is 225 g/mol. The van der Waals surface area contributed by atoms with Gasteiger partial charge in [0.25, 0.3) is 0 Å². The second-order valence-corrected chi connectivity index (χ2v) is 3.29. The Hall–Kier alpha value is -1.96. The molecule has 5 heteroatoms. The average molecular weight is 225 g/mol. The molecular weight excluding hydrogens is 219 g/mol. The van der Waals surface area contributed by atoms with Gasteiger partial charge < -0.3 is 4.74 Å². The van der Waals surface area contributed by atoms with Gasteiger partial charge in [0.1, 0.15) is 12.4 Å². The Kier molecular flexibility index (Phi) is 2.35. The molecule has 1 aliphatic heterocycles. The lowest BCUT2D eigenvalue weighted by Crippen LogP contribution is -2.13. The van der Waals surface area contributed by atoms with Gasteiger partial charge >= 0.3 is 6.18 Å². The molecule has 0 amide bonds. The molecule has 0 aromatic heterocycles. The third kappa shape index (κ3) is 1.74. The van der Waals surface area contributed by atoms with Crippen molar-refractivity contribution in [2.75, 3.05) is 6.61 Å². The Labute approximate surface area is 89.6 Å². The number of rotatable bonds is 0. The normalized spacial score (nSPS) is 14.5. The number of hydrogen-bond donors (Lipinski definition) is 0. The molecule has 1 heterocycles. The molecule has 0 saturated carbocycles. The van der Waals surface area contributed by atoms with E-state index in [1.807, 2.05) is 0 Å². The summed E-state index contributed by atoms with van der Waals surface area (Å²) in [6, 6.07) is 5.50. The lowest BCUT2D eigenvalue weighted by Gasteiger charge is -2.18. The van der Waals surface area contributed by atoms with Crippen molar-refractivity contribution in [3.63, 3.8) is 0 Å². The maximum Gasteiger partial charge on any atom is 0.417 e. The minimum atomic E-state index is -4.44. The molecule has 0 saturated heterocycles. The average Bonchev–Trinajstić information content (AvgIpc) is 2.26. The van der Waals surface area contributed by atoms with E-state index in [9.17, 15) is 13.2 Å². The molecule has 82 valence electrons. The summed E-state index contributed by atoms with van der Waals surface area (Å²) in [7, 11) is 0.